The molecule has 0 radical (unpaired) electrons. The van der Waals surface area contributed by atoms with E-state index in [1.165, 1.54) is 107 Å². The predicted octanol–water partition coefficient (Wildman–Crippen LogP) is 9.38. The highest BCUT2D eigenvalue weighted by Crippen LogP contribution is 2.43. The fraction of sp³-hybridized carbons (Fsp3) is 0.538. The molecule has 3 aromatic carbocycles. The van der Waals surface area contributed by atoms with Gasteiger partial charge in [-0.15, -0.1) is 0 Å². The van der Waals surface area contributed by atoms with E-state index in [-0.39, 0.29) is 5.41 Å². The molecule has 0 aromatic heterocycles. The van der Waals surface area contributed by atoms with E-state index in [1.54, 1.807) is 0 Å². The fourth-order valence-corrected chi connectivity index (χ4v) is 8.08. The molecule has 0 amide bonds. The van der Waals surface area contributed by atoms with Crippen molar-refractivity contribution in [1.82, 2.24) is 4.90 Å². The summed E-state index contributed by atoms with van der Waals surface area (Å²) in [4.78, 5) is 2.84. The number of rotatable bonds is 7. The van der Waals surface area contributed by atoms with Crippen LogP contribution in [0.15, 0.2) is 91.0 Å². The molecule has 3 aromatic rings. The van der Waals surface area contributed by atoms with Crippen molar-refractivity contribution >= 4 is 0 Å². The molecule has 2 aliphatic rings. The molecule has 1 saturated heterocycles. The number of hydrogen-bond acceptors (Lipinski definition) is 2. The monoisotopic (exact) mass is 550 g/mol. The SMILES string of the molecule is NCC(CC1CCCCCCCCCCC2CCC1CN(Cc1ccccc1)C2)(c1ccccc1)c1ccccc1. The summed E-state index contributed by atoms with van der Waals surface area (Å²) in [7, 11) is 0. The van der Waals surface area contributed by atoms with Crippen LogP contribution in [0.25, 0.3) is 0 Å². The van der Waals surface area contributed by atoms with Gasteiger partial charge >= 0.3 is 0 Å². The third-order valence-electron chi connectivity index (χ3n) is 10.4. The van der Waals surface area contributed by atoms with Crippen molar-refractivity contribution in [2.75, 3.05) is 19.6 Å². The molecule has 1 heterocycles. The summed E-state index contributed by atoms with van der Waals surface area (Å²) in [5.74, 6) is 2.21. The highest BCUT2D eigenvalue weighted by Gasteiger charge is 2.39. The van der Waals surface area contributed by atoms with E-state index in [9.17, 15) is 0 Å². The quantitative estimate of drug-likeness (QED) is 0.317. The summed E-state index contributed by atoms with van der Waals surface area (Å²) in [6, 6.07) is 33.6. The number of nitrogens with two attached hydrogens (primary N) is 1. The first kappa shape index (κ1) is 30.1. The summed E-state index contributed by atoms with van der Waals surface area (Å²) < 4.78 is 0. The highest BCUT2D eigenvalue weighted by molar-refractivity contribution is 5.40. The lowest BCUT2D eigenvalue weighted by Crippen LogP contribution is -2.41. The molecule has 5 rings (SSSR count). The van der Waals surface area contributed by atoms with Gasteiger partial charge in [0.2, 0.25) is 0 Å². The topological polar surface area (TPSA) is 29.3 Å². The lowest BCUT2D eigenvalue weighted by molar-refractivity contribution is 0.162. The summed E-state index contributed by atoms with van der Waals surface area (Å²) in [5, 5.41) is 0. The van der Waals surface area contributed by atoms with Gasteiger partial charge in [0.1, 0.15) is 0 Å². The summed E-state index contributed by atoms with van der Waals surface area (Å²) in [6.45, 7) is 4.22. The van der Waals surface area contributed by atoms with Crippen molar-refractivity contribution < 1.29 is 0 Å². The average molecular weight is 551 g/mol. The van der Waals surface area contributed by atoms with Gasteiger partial charge in [-0.3, -0.25) is 4.90 Å². The van der Waals surface area contributed by atoms with E-state index < -0.39 is 0 Å². The largest absolute Gasteiger partial charge is 0.329 e. The van der Waals surface area contributed by atoms with Crippen LogP contribution in [-0.2, 0) is 12.0 Å². The average Bonchev–Trinajstić information content (AvgIpc) is 3.23. The van der Waals surface area contributed by atoms with Gasteiger partial charge in [0.15, 0.2) is 0 Å². The van der Waals surface area contributed by atoms with Crippen molar-refractivity contribution in [3.8, 4) is 0 Å². The van der Waals surface area contributed by atoms with Crippen molar-refractivity contribution in [1.29, 1.82) is 0 Å². The third kappa shape index (κ3) is 8.33. The van der Waals surface area contributed by atoms with Crippen LogP contribution in [0.5, 0.6) is 0 Å². The second-order valence-electron chi connectivity index (χ2n) is 13.3. The van der Waals surface area contributed by atoms with Crippen LogP contribution in [-0.4, -0.2) is 24.5 Å². The molecule has 41 heavy (non-hydrogen) atoms. The third-order valence-corrected chi connectivity index (χ3v) is 10.4. The molecule has 2 fully saturated rings. The number of fused-ring (bicyclic) bond motifs is 3. The Bertz CT molecular complexity index is 1070. The van der Waals surface area contributed by atoms with Crippen LogP contribution in [0.3, 0.4) is 0 Å². The van der Waals surface area contributed by atoms with Crippen molar-refractivity contribution in [2.45, 2.75) is 95.4 Å². The molecule has 1 aliphatic carbocycles. The number of benzene rings is 3. The van der Waals surface area contributed by atoms with Gasteiger partial charge in [-0.25, -0.2) is 0 Å². The molecule has 2 bridgehead atoms. The van der Waals surface area contributed by atoms with Gasteiger partial charge in [-0.2, -0.15) is 0 Å². The van der Waals surface area contributed by atoms with Gasteiger partial charge in [0.05, 0.1) is 0 Å². The molecule has 2 heteroatoms. The Labute approximate surface area is 250 Å². The molecule has 220 valence electrons. The minimum absolute atomic E-state index is 0.147. The van der Waals surface area contributed by atoms with Gasteiger partial charge in [0.25, 0.3) is 0 Å². The van der Waals surface area contributed by atoms with Crippen molar-refractivity contribution in [2.24, 2.45) is 23.5 Å². The standard InChI is InChI=1S/C39H54N2/c40-32-39(37-22-14-8-15-23-37,38-24-16-9-17-25-38)28-35-21-13-6-4-2-1-3-5-10-20-34-26-27-36(35)31-41(30-34)29-33-18-11-7-12-19-33/h7-9,11-12,14-19,22-25,34-36H,1-6,10,13,20-21,26-32,40H2. The van der Waals surface area contributed by atoms with Gasteiger partial charge < -0.3 is 5.73 Å². The minimum atomic E-state index is -0.147. The second kappa shape index (κ2) is 15.7. The molecule has 0 spiro atoms. The first-order chi connectivity index (χ1) is 20.3. The predicted molar refractivity (Wildman–Crippen MR) is 175 cm³/mol. The van der Waals surface area contributed by atoms with Gasteiger partial charge in [0, 0.05) is 31.6 Å². The number of nitrogens with zero attached hydrogens (tertiary/aromatic N) is 1. The Morgan fingerprint density at radius 2 is 1.12 bits per heavy atom. The summed E-state index contributed by atoms with van der Waals surface area (Å²) in [5.41, 5.74) is 10.9. The van der Waals surface area contributed by atoms with Crippen LogP contribution in [0.2, 0.25) is 0 Å². The van der Waals surface area contributed by atoms with Crippen LogP contribution in [0.1, 0.15) is 100 Å². The van der Waals surface area contributed by atoms with Crippen LogP contribution >= 0.6 is 0 Å². The summed E-state index contributed by atoms with van der Waals surface area (Å²) >= 11 is 0. The van der Waals surface area contributed by atoms with Gasteiger partial charge in [-0.1, -0.05) is 149 Å². The molecule has 3 atom stereocenters. The molecular weight excluding hydrogens is 496 g/mol. The van der Waals surface area contributed by atoms with E-state index in [4.69, 9.17) is 5.73 Å². The smallest absolute Gasteiger partial charge is 0.0327 e. The molecule has 1 saturated carbocycles. The lowest BCUT2D eigenvalue weighted by atomic mass is 9.65. The zero-order chi connectivity index (χ0) is 28.2. The second-order valence-corrected chi connectivity index (χ2v) is 13.3. The zero-order valence-electron chi connectivity index (χ0n) is 25.4. The normalized spacial score (nSPS) is 23.8. The Balaban J connectivity index is 1.47. The van der Waals surface area contributed by atoms with E-state index in [0.29, 0.717) is 18.4 Å². The van der Waals surface area contributed by atoms with E-state index in [1.807, 2.05) is 0 Å². The van der Waals surface area contributed by atoms with Crippen molar-refractivity contribution in [3.63, 3.8) is 0 Å². The number of hydrogen-bond donors (Lipinski definition) is 1. The molecular formula is C39H54N2. The Morgan fingerprint density at radius 1 is 0.585 bits per heavy atom. The maximum absolute atomic E-state index is 6.86. The molecule has 2 N–H and O–H groups in total. The van der Waals surface area contributed by atoms with E-state index in [2.05, 4.69) is 95.9 Å². The Kier molecular flexibility index (Phi) is 11.5. The first-order valence-electron chi connectivity index (χ1n) is 16.8. The maximum atomic E-state index is 6.86. The van der Waals surface area contributed by atoms with Gasteiger partial charge in [-0.05, 0) is 60.1 Å². The zero-order valence-corrected chi connectivity index (χ0v) is 25.4. The van der Waals surface area contributed by atoms with Crippen LogP contribution in [0.4, 0.5) is 0 Å². The van der Waals surface area contributed by atoms with E-state index >= 15 is 0 Å². The molecule has 2 nitrogen and oxygen atoms in total. The van der Waals surface area contributed by atoms with Crippen LogP contribution in [0, 0.1) is 17.8 Å². The fourth-order valence-electron chi connectivity index (χ4n) is 8.08. The van der Waals surface area contributed by atoms with Crippen LogP contribution < -0.4 is 5.73 Å². The van der Waals surface area contributed by atoms with Crippen molar-refractivity contribution in [3.05, 3.63) is 108 Å². The lowest BCUT2D eigenvalue weighted by Gasteiger charge is -2.40. The highest BCUT2D eigenvalue weighted by atomic mass is 15.1. The Morgan fingerprint density at radius 3 is 1.71 bits per heavy atom. The summed E-state index contributed by atoms with van der Waals surface area (Å²) in [6.07, 6.45) is 17.9. The Hall–Kier alpha value is -2.42. The maximum Gasteiger partial charge on any atom is 0.0327 e. The van der Waals surface area contributed by atoms with E-state index in [0.717, 1.165) is 18.9 Å². The first-order valence-corrected chi connectivity index (χ1v) is 16.8. The molecule has 1 aliphatic heterocycles. The molecule has 3 unspecified atom stereocenters. The number of likely N-dealkylation sites (tertiary alicyclic amines) is 1. The minimum Gasteiger partial charge on any atom is -0.329 e.